The molecule has 2 rings (SSSR count). The van der Waals surface area contributed by atoms with Crippen LogP contribution in [0.25, 0.3) is 0 Å². The maximum Gasteiger partial charge on any atom is 0.121 e. The molecule has 1 atom stereocenters. The fourth-order valence-corrected chi connectivity index (χ4v) is 1.87. The number of ether oxygens (including phenoxy) is 1. The van der Waals surface area contributed by atoms with Crippen molar-refractivity contribution in [2.24, 2.45) is 0 Å². The zero-order valence-electron chi connectivity index (χ0n) is 10.6. The van der Waals surface area contributed by atoms with Gasteiger partial charge in [-0.05, 0) is 37.3 Å². The first-order valence-electron chi connectivity index (χ1n) is 5.89. The number of rotatable bonds is 4. The van der Waals surface area contributed by atoms with Crippen LogP contribution in [0.1, 0.15) is 18.5 Å². The Kier molecular flexibility index (Phi) is 3.72. The Balaban J connectivity index is 2.20. The van der Waals surface area contributed by atoms with E-state index in [0.717, 1.165) is 17.0 Å². The third kappa shape index (κ3) is 2.74. The van der Waals surface area contributed by atoms with Crippen molar-refractivity contribution in [1.29, 1.82) is 0 Å². The molecule has 94 valence electrons. The molecule has 0 saturated carbocycles. The molecule has 0 radical (unpaired) electrons. The molecule has 3 heteroatoms. The van der Waals surface area contributed by atoms with E-state index in [4.69, 9.17) is 4.74 Å². The van der Waals surface area contributed by atoms with Crippen LogP contribution in [0, 0.1) is 0 Å². The van der Waals surface area contributed by atoms with E-state index >= 15 is 0 Å². The van der Waals surface area contributed by atoms with Crippen molar-refractivity contribution in [3.05, 3.63) is 54.1 Å². The Labute approximate surface area is 107 Å². The molecule has 2 aromatic rings. The first-order chi connectivity index (χ1) is 8.70. The maximum absolute atomic E-state index is 9.88. The van der Waals surface area contributed by atoms with Gasteiger partial charge in [0.05, 0.1) is 13.2 Å². The van der Waals surface area contributed by atoms with Crippen LogP contribution >= 0.6 is 0 Å². The summed E-state index contributed by atoms with van der Waals surface area (Å²) in [5, 5.41) is 13.2. The van der Waals surface area contributed by atoms with Gasteiger partial charge in [0, 0.05) is 11.3 Å². The van der Waals surface area contributed by atoms with Crippen molar-refractivity contribution >= 4 is 5.69 Å². The van der Waals surface area contributed by atoms with Crippen LogP contribution < -0.4 is 10.1 Å². The predicted octanol–water partition coefficient (Wildman–Crippen LogP) is 3.57. The second-order valence-corrected chi connectivity index (χ2v) is 4.16. The van der Waals surface area contributed by atoms with Gasteiger partial charge in [0.25, 0.3) is 0 Å². The molecule has 0 aliphatic heterocycles. The van der Waals surface area contributed by atoms with Crippen LogP contribution in [0.5, 0.6) is 11.5 Å². The van der Waals surface area contributed by atoms with Crippen molar-refractivity contribution in [2.75, 3.05) is 12.4 Å². The summed E-state index contributed by atoms with van der Waals surface area (Å²) in [6.45, 7) is 2.00. The fraction of sp³-hybridized carbons (Fsp3) is 0.200. The standard InChI is InChI=1S/C15H17NO2/c1-11(16-12-6-4-3-5-7-12)14-10-13(18-2)8-9-15(14)17/h3-11,16-17H,1-2H3. The average Bonchev–Trinajstić information content (AvgIpc) is 2.40. The summed E-state index contributed by atoms with van der Waals surface area (Å²) >= 11 is 0. The summed E-state index contributed by atoms with van der Waals surface area (Å²) in [6, 6.07) is 15.1. The van der Waals surface area contributed by atoms with Crippen molar-refractivity contribution in [2.45, 2.75) is 13.0 Å². The molecule has 0 bridgehead atoms. The van der Waals surface area contributed by atoms with Gasteiger partial charge in [-0.25, -0.2) is 0 Å². The van der Waals surface area contributed by atoms with Gasteiger partial charge >= 0.3 is 0 Å². The van der Waals surface area contributed by atoms with Gasteiger partial charge in [0.1, 0.15) is 11.5 Å². The molecule has 3 nitrogen and oxygen atoms in total. The minimum Gasteiger partial charge on any atom is -0.508 e. The van der Waals surface area contributed by atoms with Gasteiger partial charge in [-0.3, -0.25) is 0 Å². The molecule has 0 amide bonds. The van der Waals surface area contributed by atoms with E-state index in [0.29, 0.717) is 0 Å². The van der Waals surface area contributed by atoms with Crippen molar-refractivity contribution in [3.8, 4) is 11.5 Å². The Morgan fingerprint density at radius 1 is 1.11 bits per heavy atom. The molecule has 0 aliphatic rings. The highest BCUT2D eigenvalue weighted by molar-refractivity contribution is 5.48. The van der Waals surface area contributed by atoms with E-state index in [9.17, 15) is 5.11 Å². The summed E-state index contributed by atoms with van der Waals surface area (Å²) in [6.07, 6.45) is 0. The number of para-hydroxylation sites is 1. The summed E-state index contributed by atoms with van der Waals surface area (Å²) in [5.74, 6) is 1.01. The third-order valence-electron chi connectivity index (χ3n) is 2.86. The smallest absolute Gasteiger partial charge is 0.121 e. The highest BCUT2D eigenvalue weighted by Gasteiger charge is 2.11. The lowest BCUT2D eigenvalue weighted by Crippen LogP contribution is -2.06. The van der Waals surface area contributed by atoms with Gasteiger partial charge in [-0.2, -0.15) is 0 Å². The second kappa shape index (κ2) is 5.45. The Hall–Kier alpha value is -2.16. The van der Waals surface area contributed by atoms with Gasteiger partial charge in [-0.15, -0.1) is 0 Å². The molecule has 0 aromatic heterocycles. The minimum absolute atomic E-state index is 0.00231. The number of anilines is 1. The SMILES string of the molecule is COc1ccc(O)c(C(C)Nc2ccccc2)c1. The quantitative estimate of drug-likeness (QED) is 0.862. The second-order valence-electron chi connectivity index (χ2n) is 4.16. The van der Waals surface area contributed by atoms with E-state index in [1.165, 1.54) is 0 Å². The number of aromatic hydroxyl groups is 1. The third-order valence-corrected chi connectivity index (χ3v) is 2.86. The average molecular weight is 243 g/mol. The number of benzene rings is 2. The fourth-order valence-electron chi connectivity index (χ4n) is 1.87. The van der Waals surface area contributed by atoms with Crippen LogP contribution in [0.4, 0.5) is 5.69 Å². The van der Waals surface area contributed by atoms with E-state index in [-0.39, 0.29) is 11.8 Å². The van der Waals surface area contributed by atoms with E-state index in [1.807, 2.05) is 43.3 Å². The monoisotopic (exact) mass is 243 g/mol. The molecule has 2 N–H and O–H groups in total. The number of hydrogen-bond donors (Lipinski definition) is 2. The molecule has 0 fully saturated rings. The van der Waals surface area contributed by atoms with Crippen molar-refractivity contribution in [3.63, 3.8) is 0 Å². The van der Waals surface area contributed by atoms with E-state index in [1.54, 1.807) is 19.2 Å². The van der Waals surface area contributed by atoms with Crippen LogP contribution in [0.15, 0.2) is 48.5 Å². The Morgan fingerprint density at radius 2 is 1.83 bits per heavy atom. The van der Waals surface area contributed by atoms with E-state index < -0.39 is 0 Å². The summed E-state index contributed by atoms with van der Waals surface area (Å²) in [5.41, 5.74) is 1.84. The molecule has 0 spiro atoms. The Bertz CT molecular complexity index is 511. The normalized spacial score (nSPS) is 11.9. The highest BCUT2D eigenvalue weighted by atomic mass is 16.5. The molecular formula is C15H17NO2. The van der Waals surface area contributed by atoms with Gasteiger partial charge < -0.3 is 15.2 Å². The molecule has 1 unspecified atom stereocenters. The topological polar surface area (TPSA) is 41.5 Å². The molecule has 0 aliphatic carbocycles. The lowest BCUT2D eigenvalue weighted by atomic mass is 10.1. The molecule has 0 heterocycles. The summed E-state index contributed by atoms with van der Waals surface area (Å²) in [7, 11) is 1.62. The molecule has 18 heavy (non-hydrogen) atoms. The number of phenolic OH excluding ortho intramolecular Hbond substituents is 1. The molecular weight excluding hydrogens is 226 g/mol. The van der Waals surface area contributed by atoms with Crippen LogP contribution in [0.3, 0.4) is 0 Å². The molecule has 0 saturated heterocycles. The van der Waals surface area contributed by atoms with Crippen molar-refractivity contribution in [1.82, 2.24) is 0 Å². The maximum atomic E-state index is 9.88. The number of methoxy groups -OCH3 is 1. The van der Waals surface area contributed by atoms with E-state index in [2.05, 4.69) is 5.32 Å². The summed E-state index contributed by atoms with van der Waals surface area (Å²) in [4.78, 5) is 0. The lowest BCUT2D eigenvalue weighted by Gasteiger charge is -2.17. The number of nitrogens with one attached hydrogen (secondary N) is 1. The summed E-state index contributed by atoms with van der Waals surface area (Å²) < 4.78 is 5.17. The zero-order valence-corrected chi connectivity index (χ0v) is 10.6. The molecule has 2 aromatic carbocycles. The van der Waals surface area contributed by atoms with Crippen molar-refractivity contribution < 1.29 is 9.84 Å². The van der Waals surface area contributed by atoms with Gasteiger partial charge in [-0.1, -0.05) is 18.2 Å². The van der Waals surface area contributed by atoms with Crippen LogP contribution in [-0.4, -0.2) is 12.2 Å². The largest absolute Gasteiger partial charge is 0.508 e. The highest BCUT2D eigenvalue weighted by Crippen LogP contribution is 2.30. The minimum atomic E-state index is 0.00231. The first-order valence-corrected chi connectivity index (χ1v) is 5.89. The van der Waals surface area contributed by atoms with Gasteiger partial charge in [0.2, 0.25) is 0 Å². The van der Waals surface area contributed by atoms with Crippen LogP contribution in [-0.2, 0) is 0 Å². The van der Waals surface area contributed by atoms with Gasteiger partial charge in [0.15, 0.2) is 0 Å². The Morgan fingerprint density at radius 3 is 2.50 bits per heavy atom. The number of hydrogen-bond acceptors (Lipinski definition) is 3. The lowest BCUT2D eigenvalue weighted by molar-refractivity contribution is 0.410. The zero-order chi connectivity index (χ0) is 13.0. The first kappa shape index (κ1) is 12.3. The number of phenols is 1. The predicted molar refractivity (Wildman–Crippen MR) is 73.1 cm³/mol. The van der Waals surface area contributed by atoms with Crippen LogP contribution in [0.2, 0.25) is 0 Å².